The van der Waals surface area contributed by atoms with Crippen LogP contribution in [0.1, 0.15) is 12.0 Å². The maximum absolute atomic E-state index is 5.80. The van der Waals surface area contributed by atoms with Crippen molar-refractivity contribution in [1.29, 1.82) is 0 Å². The Hall–Kier alpha value is -0.310. The second-order valence-corrected chi connectivity index (χ2v) is 4.68. The van der Waals surface area contributed by atoms with Gasteiger partial charge in [0, 0.05) is 24.8 Å². The van der Waals surface area contributed by atoms with E-state index in [4.69, 9.17) is 39.4 Å². The van der Waals surface area contributed by atoms with Gasteiger partial charge in [0.25, 0.3) is 0 Å². The number of hydrogen-bond donors (Lipinski definition) is 0. The Morgan fingerprint density at radius 1 is 1.18 bits per heavy atom. The van der Waals surface area contributed by atoms with Crippen LogP contribution in [0.2, 0.25) is 0 Å². The van der Waals surface area contributed by atoms with Crippen LogP contribution in [0.15, 0.2) is 18.2 Å². The molecule has 0 aliphatic rings. The first-order valence-electron chi connectivity index (χ1n) is 5.49. The summed E-state index contributed by atoms with van der Waals surface area (Å²) in [5.74, 6) is 1.84. The molecule has 0 N–H and O–H groups in total. The van der Waals surface area contributed by atoms with Gasteiger partial charge < -0.3 is 9.19 Å². The molecule has 0 unspecified atom stereocenters. The van der Waals surface area contributed by atoms with Gasteiger partial charge in [-0.15, -0.1) is 23.2 Å². The molecule has 0 bridgehead atoms. The van der Waals surface area contributed by atoms with Gasteiger partial charge in [-0.2, -0.15) is 0 Å². The maximum atomic E-state index is 5.80. The van der Waals surface area contributed by atoms with Crippen LogP contribution in [0.5, 0.6) is 5.75 Å². The standard InChI is InChI=1S/C12H16Cl3NO/c1-10-3-4-11(12(9-10)17-15)16(8-6-14)7-2-5-13/h3-4,9H,2,5-8H2,1H3. The van der Waals surface area contributed by atoms with Crippen molar-refractivity contribution in [1.82, 2.24) is 0 Å². The van der Waals surface area contributed by atoms with Crippen molar-refractivity contribution < 1.29 is 4.29 Å². The van der Waals surface area contributed by atoms with E-state index in [0.717, 1.165) is 30.8 Å². The van der Waals surface area contributed by atoms with E-state index in [1.165, 1.54) is 0 Å². The van der Waals surface area contributed by atoms with E-state index in [9.17, 15) is 0 Å². The minimum absolute atomic E-state index is 0.553. The molecule has 17 heavy (non-hydrogen) atoms. The fraction of sp³-hybridized carbons (Fsp3) is 0.500. The van der Waals surface area contributed by atoms with Crippen molar-refractivity contribution in [2.24, 2.45) is 0 Å². The smallest absolute Gasteiger partial charge is 0.169 e. The van der Waals surface area contributed by atoms with E-state index >= 15 is 0 Å². The van der Waals surface area contributed by atoms with Gasteiger partial charge in [0.15, 0.2) is 5.75 Å². The van der Waals surface area contributed by atoms with Gasteiger partial charge in [-0.05, 0) is 31.0 Å². The van der Waals surface area contributed by atoms with Crippen molar-refractivity contribution in [3.63, 3.8) is 0 Å². The number of nitrogens with zero attached hydrogens (tertiary/aromatic N) is 1. The van der Waals surface area contributed by atoms with Crippen molar-refractivity contribution in [2.45, 2.75) is 13.3 Å². The number of benzene rings is 1. The van der Waals surface area contributed by atoms with Gasteiger partial charge in [-0.25, -0.2) is 0 Å². The van der Waals surface area contributed by atoms with E-state index < -0.39 is 0 Å². The Balaban J connectivity index is 2.91. The third-order valence-corrected chi connectivity index (χ3v) is 3.06. The molecule has 0 heterocycles. The molecule has 0 saturated heterocycles. The molecule has 0 aliphatic heterocycles. The number of aryl methyl sites for hydroxylation is 1. The summed E-state index contributed by atoms with van der Waals surface area (Å²) in [6, 6.07) is 5.93. The van der Waals surface area contributed by atoms with Crippen molar-refractivity contribution >= 4 is 40.8 Å². The van der Waals surface area contributed by atoms with Crippen LogP contribution in [-0.4, -0.2) is 24.8 Å². The number of anilines is 1. The van der Waals surface area contributed by atoms with Crippen molar-refractivity contribution in [3.8, 4) is 5.75 Å². The van der Waals surface area contributed by atoms with Gasteiger partial charge in [-0.3, -0.25) is 0 Å². The normalized spacial score (nSPS) is 10.4. The number of alkyl halides is 2. The Labute approximate surface area is 118 Å². The van der Waals surface area contributed by atoms with Crippen LogP contribution in [0, 0.1) is 6.92 Å². The van der Waals surface area contributed by atoms with Gasteiger partial charge in [0.1, 0.15) is 11.9 Å². The van der Waals surface area contributed by atoms with E-state index in [1.54, 1.807) is 0 Å². The summed E-state index contributed by atoms with van der Waals surface area (Å²) in [5, 5.41) is 0. The van der Waals surface area contributed by atoms with Crippen LogP contribution >= 0.6 is 35.1 Å². The quantitative estimate of drug-likeness (QED) is 0.699. The lowest BCUT2D eigenvalue weighted by Crippen LogP contribution is -2.27. The van der Waals surface area contributed by atoms with Crippen molar-refractivity contribution in [3.05, 3.63) is 23.8 Å². The summed E-state index contributed by atoms with van der Waals surface area (Å²) in [6.07, 6.45) is 0.897. The summed E-state index contributed by atoms with van der Waals surface area (Å²) in [7, 11) is 0. The van der Waals surface area contributed by atoms with Gasteiger partial charge in [0.2, 0.25) is 0 Å². The lowest BCUT2D eigenvalue weighted by atomic mass is 10.2. The molecule has 0 aliphatic carbocycles. The summed E-state index contributed by atoms with van der Waals surface area (Å²) < 4.78 is 4.89. The molecular formula is C12H16Cl3NO. The average molecular weight is 297 g/mol. The highest BCUT2D eigenvalue weighted by molar-refractivity contribution is 6.18. The number of hydrogen-bond acceptors (Lipinski definition) is 2. The molecule has 0 saturated carbocycles. The van der Waals surface area contributed by atoms with E-state index in [1.807, 2.05) is 25.1 Å². The summed E-state index contributed by atoms with van der Waals surface area (Å²) in [5.41, 5.74) is 2.06. The molecular weight excluding hydrogens is 280 g/mol. The molecule has 1 aromatic carbocycles. The predicted molar refractivity (Wildman–Crippen MR) is 75.9 cm³/mol. The van der Waals surface area contributed by atoms with Crippen LogP contribution in [0.25, 0.3) is 0 Å². The molecule has 1 rings (SSSR count). The average Bonchev–Trinajstić information content (AvgIpc) is 2.34. The van der Waals surface area contributed by atoms with Crippen LogP contribution < -0.4 is 9.19 Å². The van der Waals surface area contributed by atoms with Crippen LogP contribution in [0.4, 0.5) is 5.69 Å². The zero-order chi connectivity index (χ0) is 12.7. The largest absolute Gasteiger partial charge is 0.383 e. The van der Waals surface area contributed by atoms with Crippen LogP contribution in [0.3, 0.4) is 0 Å². The summed E-state index contributed by atoms with van der Waals surface area (Å²) >= 11 is 17.0. The van der Waals surface area contributed by atoms with Gasteiger partial charge in [-0.1, -0.05) is 6.07 Å². The Kier molecular flexibility index (Phi) is 6.86. The highest BCUT2D eigenvalue weighted by Gasteiger charge is 2.12. The minimum atomic E-state index is 0.553. The summed E-state index contributed by atoms with van der Waals surface area (Å²) in [6.45, 7) is 3.58. The molecule has 0 spiro atoms. The molecule has 2 nitrogen and oxygen atoms in total. The third-order valence-electron chi connectivity index (χ3n) is 2.46. The SMILES string of the molecule is Cc1ccc(N(CCCl)CCCCl)c(OCl)c1. The predicted octanol–water partition coefficient (Wildman–Crippen LogP) is 4.20. The topological polar surface area (TPSA) is 12.5 Å². The molecule has 96 valence electrons. The third kappa shape index (κ3) is 4.46. The summed E-state index contributed by atoms with van der Waals surface area (Å²) in [4.78, 5) is 2.13. The fourth-order valence-electron chi connectivity index (χ4n) is 1.65. The monoisotopic (exact) mass is 295 g/mol. The van der Waals surface area contributed by atoms with Gasteiger partial charge in [0.05, 0.1) is 5.69 Å². The van der Waals surface area contributed by atoms with Crippen molar-refractivity contribution in [2.75, 3.05) is 29.7 Å². The zero-order valence-corrected chi connectivity index (χ0v) is 12.0. The maximum Gasteiger partial charge on any atom is 0.169 e. The minimum Gasteiger partial charge on any atom is -0.383 e. The second-order valence-electron chi connectivity index (χ2n) is 3.77. The molecule has 0 radical (unpaired) electrons. The molecule has 5 heteroatoms. The fourth-order valence-corrected chi connectivity index (χ4v) is 2.10. The first-order valence-corrected chi connectivity index (χ1v) is 6.86. The molecule has 0 amide bonds. The van der Waals surface area contributed by atoms with E-state index in [2.05, 4.69) is 4.90 Å². The lowest BCUT2D eigenvalue weighted by Gasteiger charge is -2.25. The molecule has 0 atom stereocenters. The lowest BCUT2D eigenvalue weighted by molar-refractivity contribution is 0.612. The van der Waals surface area contributed by atoms with Gasteiger partial charge >= 0.3 is 0 Å². The Morgan fingerprint density at radius 2 is 1.94 bits per heavy atom. The van der Waals surface area contributed by atoms with E-state index in [0.29, 0.717) is 17.5 Å². The first kappa shape index (κ1) is 14.7. The number of halogens is 3. The highest BCUT2D eigenvalue weighted by Crippen LogP contribution is 2.30. The highest BCUT2D eigenvalue weighted by atomic mass is 35.5. The molecule has 0 aromatic heterocycles. The Bertz CT molecular complexity index is 347. The molecule has 1 aromatic rings. The number of rotatable bonds is 7. The molecule has 0 fully saturated rings. The second kappa shape index (κ2) is 7.91. The van der Waals surface area contributed by atoms with Crippen LogP contribution in [-0.2, 0) is 0 Å². The first-order chi connectivity index (χ1) is 8.22. The Morgan fingerprint density at radius 3 is 2.53 bits per heavy atom. The zero-order valence-electron chi connectivity index (χ0n) is 9.76. The van der Waals surface area contributed by atoms with E-state index in [-0.39, 0.29) is 0 Å².